The zero-order chi connectivity index (χ0) is 23.1. The Morgan fingerprint density at radius 3 is 2.42 bits per heavy atom. The predicted octanol–water partition coefficient (Wildman–Crippen LogP) is 3.11. The second-order valence-corrected chi connectivity index (χ2v) is 8.65. The van der Waals surface area contributed by atoms with Crippen LogP contribution < -0.4 is 21.7 Å². The van der Waals surface area contributed by atoms with E-state index in [1.807, 2.05) is 32.0 Å². The monoisotopic (exact) mass is 445 g/mol. The molecule has 0 spiro atoms. The number of nitrogen functional groups attached to an aromatic ring is 1. The second-order valence-electron chi connectivity index (χ2n) is 7.88. The van der Waals surface area contributed by atoms with Crippen LogP contribution in [0.4, 0.5) is 11.4 Å². The van der Waals surface area contributed by atoms with E-state index in [2.05, 4.69) is 23.5 Å². The first-order chi connectivity index (χ1) is 14.7. The predicted molar refractivity (Wildman–Crippen MR) is 124 cm³/mol. The summed E-state index contributed by atoms with van der Waals surface area (Å²) >= 11 is 0.812. The van der Waals surface area contributed by atoms with Gasteiger partial charge in [-0.3, -0.25) is 19.3 Å². The Bertz CT molecular complexity index is 941. The molecule has 0 saturated heterocycles. The second kappa shape index (κ2) is 10.9. The molecule has 1 aromatic carbocycles. The Hall–Kier alpha value is -2.94. The number of carbonyl (C=O) groups excluding carboxylic acids is 3. The molecule has 2 rings (SSSR count). The van der Waals surface area contributed by atoms with Crippen LogP contribution in [-0.4, -0.2) is 34.7 Å². The molecule has 2 aromatic rings. The number of aromatic nitrogens is 1. The number of anilines is 2. The molecule has 0 aliphatic rings. The van der Waals surface area contributed by atoms with E-state index in [1.54, 1.807) is 6.07 Å². The molecule has 1 unspecified atom stereocenters. The summed E-state index contributed by atoms with van der Waals surface area (Å²) in [6.45, 7) is 8.53. The van der Waals surface area contributed by atoms with Crippen molar-refractivity contribution in [3.63, 3.8) is 0 Å². The Morgan fingerprint density at radius 2 is 1.87 bits per heavy atom. The highest BCUT2D eigenvalue weighted by Crippen LogP contribution is 2.30. The van der Waals surface area contributed by atoms with Gasteiger partial charge in [-0.25, -0.2) is 0 Å². The molecule has 1 heterocycles. The number of aryl methyl sites for hydroxylation is 1. The lowest BCUT2D eigenvalue weighted by Gasteiger charge is -2.32. The number of nitrogens with one attached hydrogen (secondary N) is 1. The van der Waals surface area contributed by atoms with Crippen molar-refractivity contribution in [1.29, 1.82) is 0 Å². The van der Waals surface area contributed by atoms with Crippen LogP contribution in [0.3, 0.4) is 0 Å². The van der Waals surface area contributed by atoms with Crippen LogP contribution >= 0.6 is 11.5 Å². The number of benzene rings is 1. The molecule has 5 N–H and O–H groups in total. The first-order valence-electron chi connectivity index (χ1n) is 10.4. The largest absolute Gasteiger partial charge is 0.395 e. The third kappa shape index (κ3) is 5.81. The highest BCUT2D eigenvalue weighted by Gasteiger charge is 2.34. The van der Waals surface area contributed by atoms with Crippen molar-refractivity contribution in [3.05, 3.63) is 40.4 Å². The van der Waals surface area contributed by atoms with E-state index in [-0.39, 0.29) is 22.2 Å². The molecule has 0 saturated carbocycles. The Morgan fingerprint density at radius 1 is 1.19 bits per heavy atom. The number of hydrogen-bond acceptors (Lipinski definition) is 6. The fourth-order valence-electron chi connectivity index (χ4n) is 3.24. The maximum absolute atomic E-state index is 13.6. The van der Waals surface area contributed by atoms with Crippen molar-refractivity contribution >= 4 is 40.6 Å². The van der Waals surface area contributed by atoms with E-state index in [4.69, 9.17) is 11.5 Å². The summed E-state index contributed by atoms with van der Waals surface area (Å²) in [7, 11) is 0. The van der Waals surface area contributed by atoms with Crippen LogP contribution in [0.1, 0.15) is 65.8 Å². The zero-order valence-electron chi connectivity index (χ0n) is 18.5. The SMILES string of the molecule is CCCC(C(=O)NCCC(C)C)N(C(=O)c1snc(C(N)=O)c1N)c1ccccc1C. The summed E-state index contributed by atoms with van der Waals surface area (Å²) in [5, 5.41) is 2.96. The van der Waals surface area contributed by atoms with Crippen LogP contribution in [0.2, 0.25) is 0 Å². The fraction of sp³-hybridized carbons (Fsp3) is 0.455. The number of nitrogens with zero attached hydrogens (tertiary/aromatic N) is 2. The summed E-state index contributed by atoms with van der Waals surface area (Å²) in [6.07, 6.45) is 2.00. The number of nitrogens with two attached hydrogens (primary N) is 2. The molecule has 0 aliphatic heterocycles. The normalized spacial score (nSPS) is 11.9. The van der Waals surface area contributed by atoms with Gasteiger partial charge in [-0.1, -0.05) is 45.4 Å². The molecule has 0 radical (unpaired) electrons. The quantitative estimate of drug-likeness (QED) is 0.517. The molecule has 1 atom stereocenters. The lowest BCUT2D eigenvalue weighted by atomic mass is 10.0. The summed E-state index contributed by atoms with van der Waals surface area (Å²) in [4.78, 5) is 39.9. The van der Waals surface area contributed by atoms with Gasteiger partial charge in [0.25, 0.3) is 11.8 Å². The number of para-hydroxylation sites is 1. The van der Waals surface area contributed by atoms with E-state index in [1.165, 1.54) is 4.90 Å². The highest BCUT2D eigenvalue weighted by atomic mass is 32.1. The van der Waals surface area contributed by atoms with E-state index >= 15 is 0 Å². The van der Waals surface area contributed by atoms with Crippen LogP contribution in [0.5, 0.6) is 0 Å². The topological polar surface area (TPSA) is 131 Å². The fourth-order valence-corrected chi connectivity index (χ4v) is 3.99. The number of primary amides is 1. The van der Waals surface area contributed by atoms with Gasteiger partial charge < -0.3 is 16.8 Å². The van der Waals surface area contributed by atoms with E-state index in [9.17, 15) is 14.4 Å². The summed E-state index contributed by atoms with van der Waals surface area (Å²) in [5.74, 6) is -1.05. The Balaban J connectivity index is 2.50. The third-order valence-corrected chi connectivity index (χ3v) is 5.80. The molecule has 31 heavy (non-hydrogen) atoms. The third-order valence-electron chi connectivity index (χ3n) is 4.95. The standard InChI is InChI=1S/C22H31N5O3S/c1-5-8-16(21(29)25-12-11-13(2)3)27(15-10-7-6-9-14(15)4)22(30)19-17(23)18(20(24)28)26-31-19/h6-7,9-10,13,16H,5,8,11-12,23H2,1-4H3,(H2,24,28)(H,25,29). The number of hydrogen-bond donors (Lipinski definition) is 3. The molecular formula is C22H31N5O3S. The highest BCUT2D eigenvalue weighted by molar-refractivity contribution is 7.09. The van der Waals surface area contributed by atoms with Crippen LogP contribution in [-0.2, 0) is 4.79 Å². The van der Waals surface area contributed by atoms with Crippen molar-refractivity contribution in [2.24, 2.45) is 11.7 Å². The van der Waals surface area contributed by atoms with Crippen LogP contribution in [0.25, 0.3) is 0 Å². The minimum Gasteiger partial charge on any atom is -0.395 e. The van der Waals surface area contributed by atoms with Gasteiger partial charge in [0.1, 0.15) is 10.9 Å². The van der Waals surface area contributed by atoms with Gasteiger partial charge in [-0.05, 0) is 48.8 Å². The average Bonchev–Trinajstić information content (AvgIpc) is 3.10. The van der Waals surface area contributed by atoms with Gasteiger partial charge in [0.15, 0.2) is 5.69 Å². The van der Waals surface area contributed by atoms with Gasteiger partial charge in [0.2, 0.25) is 5.91 Å². The Labute approximate surface area is 187 Å². The smallest absolute Gasteiger partial charge is 0.272 e. The van der Waals surface area contributed by atoms with E-state index in [0.29, 0.717) is 31.0 Å². The molecule has 0 bridgehead atoms. The van der Waals surface area contributed by atoms with Crippen molar-refractivity contribution in [2.75, 3.05) is 17.2 Å². The molecule has 0 fully saturated rings. The number of rotatable bonds is 10. The number of carbonyl (C=O) groups is 3. The maximum Gasteiger partial charge on any atom is 0.272 e. The molecule has 0 aliphatic carbocycles. The summed E-state index contributed by atoms with van der Waals surface area (Å²) < 4.78 is 3.95. The first-order valence-corrected chi connectivity index (χ1v) is 11.2. The summed E-state index contributed by atoms with van der Waals surface area (Å²) in [5.41, 5.74) is 12.6. The van der Waals surface area contributed by atoms with Crippen molar-refractivity contribution < 1.29 is 14.4 Å². The van der Waals surface area contributed by atoms with Crippen molar-refractivity contribution in [1.82, 2.24) is 9.69 Å². The van der Waals surface area contributed by atoms with Crippen molar-refractivity contribution in [2.45, 2.75) is 53.0 Å². The Kier molecular flexibility index (Phi) is 8.56. The zero-order valence-corrected chi connectivity index (χ0v) is 19.3. The molecular weight excluding hydrogens is 414 g/mol. The molecule has 1 aromatic heterocycles. The van der Waals surface area contributed by atoms with Gasteiger partial charge >= 0.3 is 0 Å². The van der Waals surface area contributed by atoms with Crippen LogP contribution in [0.15, 0.2) is 24.3 Å². The lowest BCUT2D eigenvalue weighted by Crippen LogP contribution is -2.50. The van der Waals surface area contributed by atoms with Gasteiger partial charge in [0, 0.05) is 12.2 Å². The minimum absolute atomic E-state index is 0.0588. The molecule has 8 nitrogen and oxygen atoms in total. The maximum atomic E-state index is 13.6. The van der Waals surface area contributed by atoms with Gasteiger partial charge in [0.05, 0.1) is 5.69 Å². The molecule has 9 heteroatoms. The minimum atomic E-state index is -0.799. The van der Waals surface area contributed by atoms with Gasteiger partial charge in [-0.2, -0.15) is 4.37 Å². The first kappa shape index (κ1) is 24.3. The molecule has 3 amide bonds. The summed E-state index contributed by atoms with van der Waals surface area (Å²) in [6, 6.07) is 6.62. The number of amides is 3. The average molecular weight is 446 g/mol. The van der Waals surface area contributed by atoms with E-state index < -0.39 is 17.9 Å². The van der Waals surface area contributed by atoms with Crippen molar-refractivity contribution in [3.8, 4) is 0 Å². The van der Waals surface area contributed by atoms with Gasteiger partial charge in [-0.15, -0.1) is 0 Å². The van der Waals surface area contributed by atoms with E-state index in [0.717, 1.165) is 23.5 Å². The lowest BCUT2D eigenvalue weighted by molar-refractivity contribution is -0.122. The van der Waals surface area contributed by atoms with Crippen LogP contribution in [0, 0.1) is 12.8 Å². The molecule has 168 valence electrons.